The van der Waals surface area contributed by atoms with Gasteiger partial charge < -0.3 is 14.6 Å². The van der Waals surface area contributed by atoms with Gasteiger partial charge in [-0.25, -0.2) is 0 Å². The molecule has 0 saturated carbocycles. The zero-order chi connectivity index (χ0) is 23.1. The molecule has 2 aromatic carbocycles. The average molecular weight is 518 g/mol. The van der Waals surface area contributed by atoms with E-state index in [2.05, 4.69) is 88.3 Å². The topological polar surface area (TPSA) is 41.3 Å². The first-order chi connectivity index (χ1) is 15.9. The van der Waals surface area contributed by atoms with Crippen molar-refractivity contribution in [1.29, 1.82) is 0 Å². The number of nitrogens with zero attached hydrogens (tertiary/aromatic N) is 2. The number of hydrogen-bond acceptors (Lipinski definition) is 3. The summed E-state index contributed by atoms with van der Waals surface area (Å²) in [6, 6.07) is 22.4. The Balaban J connectivity index is 1.61. The van der Waals surface area contributed by atoms with Gasteiger partial charge in [-0.2, -0.15) is 0 Å². The summed E-state index contributed by atoms with van der Waals surface area (Å²) in [4.78, 5) is 6.77. The molecule has 2 aromatic heterocycles. The predicted molar refractivity (Wildman–Crippen MR) is 140 cm³/mol. The SMILES string of the molecule is Cc1ccc(-c2ccc([C@@H]3[C@H](c4ccccn4)NC(=S)N3c3ccc(C)c(C)c3)o2)c(Br)c1. The van der Waals surface area contributed by atoms with Gasteiger partial charge in [-0.05, 0) is 98.2 Å². The summed E-state index contributed by atoms with van der Waals surface area (Å²) < 4.78 is 7.49. The largest absolute Gasteiger partial charge is 0.459 e. The molecule has 2 atom stereocenters. The van der Waals surface area contributed by atoms with Crippen LogP contribution in [0.3, 0.4) is 0 Å². The number of nitrogens with one attached hydrogen (secondary N) is 1. The number of furan rings is 1. The van der Waals surface area contributed by atoms with Crippen molar-refractivity contribution in [3.05, 3.63) is 106 Å². The molecule has 0 radical (unpaired) electrons. The molecule has 5 rings (SSSR count). The van der Waals surface area contributed by atoms with Crippen LogP contribution < -0.4 is 10.2 Å². The molecule has 0 spiro atoms. The third kappa shape index (κ3) is 4.09. The number of rotatable bonds is 4. The maximum atomic E-state index is 6.48. The van der Waals surface area contributed by atoms with Gasteiger partial charge in [0.15, 0.2) is 5.11 Å². The molecule has 4 aromatic rings. The highest BCUT2D eigenvalue weighted by Gasteiger charge is 2.42. The van der Waals surface area contributed by atoms with E-state index >= 15 is 0 Å². The van der Waals surface area contributed by atoms with Gasteiger partial charge in [0.25, 0.3) is 0 Å². The number of halogens is 1. The summed E-state index contributed by atoms with van der Waals surface area (Å²) in [5.74, 6) is 1.65. The lowest BCUT2D eigenvalue weighted by Gasteiger charge is -2.26. The molecule has 6 heteroatoms. The van der Waals surface area contributed by atoms with Crippen LogP contribution in [0.2, 0.25) is 0 Å². The second-order valence-electron chi connectivity index (χ2n) is 8.45. The van der Waals surface area contributed by atoms with Gasteiger partial charge >= 0.3 is 0 Å². The monoisotopic (exact) mass is 517 g/mol. The molecule has 1 saturated heterocycles. The molecular formula is C27H24BrN3OS. The van der Waals surface area contributed by atoms with Crippen LogP contribution in [-0.2, 0) is 0 Å². The van der Waals surface area contributed by atoms with Gasteiger partial charge in [-0.3, -0.25) is 4.98 Å². The lowest BCUT2D eigenvalue weighted by atomic mass is 10.0. The average Bonchev–Trinajstić information content (AvgIpc) is 3.41. The van der Waals surface area contributed by atoms with Crippen LogP contribution in [0.5, 0.6) is 0 Å². The Morgan fingerprint density at radius 1 is 0.970 bits per heavy atom. The smallest absolute Gasteiger partial charge is 0.174 e. The molecule has 0 bridgehead atoms. The summed E-state index contributed by atoms with van der Waals surface area (Å²) in [5.41, 5.74) is 6.64. The van der Waals surface area contributed by atoms with Crippen LogP contribution in [0, 0.1) is 20.8 Å². The summed E-state index contributed by atoms with van der Waals surface area (Å²) in [5, 5.41) is 4.16. The second-order valence-corrected chi connectivity index (χ2v) is 9.69. The van der Waals surface area contributed by atoms with Crippen LogP contribution in [0.1, 0.15) is 40.2 Å². The van der Waals surface area contributed by atoms with Crippen molar-refractivity contribution in [2.24, 2.45) is 0 Å². The van der Waals surface area contributed by atoms with Gasteiger partial charge in [-0.1, -0.05) is 34.1 Å². The van der Waals surface area contributed by atoms with E-state index < -0.39 is 0 Å². The van der Waals surface area contributed by atoms with Gasteiger partial charge in [0.1, 0.15) is 17.6 Å². The van der Waals surface area contributed by atoms with Crippen molar-refractivity contribution in [1.82, 2.24) is 10.3 Å². The summed E-state index contributed by atoms with van der Waals surface area (Å²) >= 11 is 9.51. The Labute approximate surface area is 207 Å². The van der Waals surface area contributed by atoms with E-state index in [4.69, 9.17) is 16.6 Å². The van der Waals surface area contributed by atoms with E-state index in [1.54, 1.807) is 0 Å². The number of thiocarbonyl (C=S) groups is 1. The molecule has 1 aliphatic heterocycles. The van der Waals surface area contributed by atoms with Gasteiger partial charge in [-0.15, -0.1) is 0 Å². The molecule has 3 heterocycles. The van der Waals surface area contributed by atoms with E-state index in [1.165, 1.54) is 16.7 Å². The van der Waals surface area contributed by atoms with E-state index in [-0.39, 0.29) is 12.1 Å². The third-order valence-corrected chi connectivity index (χ3v) is 7.15. The van der Waals surface area contributed by atoms with Crippen molar-refractivity contribution in [2.75, 3.05) is 4.90 Å². The molecule has 1 aliphatic rings. The molecule has 1 N–H and O–H groups in total. The van der Waals surface area contributed by atoms with Crippen LogP contribution in [0.25, 0.3) is 11.3 Å². The second kappa shape index (κ2) is 8.76. The van der Waals surface area contributed by atoms with Crippen molar-refractivity contribution >= 4 is 38.9 Å². The summed E-state index contributed by atoms with van der Waals surface area (Å²) in [6.45, 7) is 6.31. The number of hydrogen-bond donors (Lipinski definition) is 1. The predicted octanol–water partition coefficient (Wildman–Crippen LogP) is 7.21. The Morgan fingerprint density at radius 3 is 2.55 bits per heavy atom. The normalized spacial score (nSPS) is 17.9. The van der Waals surface area contributed by atoms with Crippen molar-refractivity contribution < 1.29 is 4.42 Å². The molecule has 0 amide bonds. The lowest BCUT2D eigenvalue weighted by molar-refractivity contribution is 0.439. The molecule has 1 fully saturated rings. The minimum Gasteiger partial charge on any atom is -0.459 e. The standard InChI is InChI=1S/C27H24BrN3OS/c1-16-7-10-20(21(28)14-16)23-11-12-24(32-23)26-25(22-6-4-5-13-29-22)30-27(33)31(26)19-9-8-17(2)18(3)15-19/h4-15,25-26H,1-3H3,(H,30,33)/t25-,26+/m0/s1. The maximum absolute atomic E-state index is 6.48. The van der Waals surface area contributed by atoms with Gasteiger partial charge in [0, 0.05) is 21.9 Å². The molecule has 166 valence electrons. The Bertz CT molecular complexity index is 1330. The Hall–Kier alpha value is -2.96. The first-order valence-corrected chi connectivity index (χ1v) is 12.1. The molecule has 0 unspecified atom stereocenters. The van der Waals surface area contributed by atoms with Crippen LogP contribution in [0.4, 0.5) is 5.69 Å². The number of pyridine rings is 1. The van der Waals surface area contributed by atoms with E-state index in [1.807, 2.05) is 36.5 Å². The minimum atomic E-state index is -0.174. The fourth-order valence-electron chi connectivity index (χ4n) is 4.27. The van der Waals surface area contributed by atoms with E-state index in [9.17, 15) is 0 Å². The van der Waals surface area contributed by atoms with Crippen molar-refractivity contribution in [3.63, 3.8) is 0 Å². The first-order valence-electron chi connectivity index (χ1n) is 10.9. The van der Waals surface area contributed by atoms with Crippen molar-refractivity contribution in [3.8, 4) is 11.3 Å². The number of benzene rings is 2. The highest BCUT2D eigenvalue weighted by molar-refractivity contribution is 9.10. The number of anilines is 1. The molecule has 4 nitrogen and oxygen atoms in total. The summed E-state index contributed by atoms with van der Waals surface area (Å²) in [6.07, 6.45) is 1.81. The Kier molecular flexibility index (Phi) is 5.81. The fourth-order valence-corrected chi connectivity index (χ4v) is 5.31. The third-order valence-electron chi connectivity index (χ3n) is 6.18. The number of aryl methyl sites for hydroxylation is 3. The highest BCUT2D eigenvalue weighted by atomic mass is 79.9. The highest BCUT2D eigenvalue weighted by Crippen LogP contribution is 2.43. The minimum absolute atomic E-state index is 0.138. The quantitative estimate of drug-likeness (QED) is 0.289. The number of aromatic nitrogens is 1. The summed E-state index contributed by atoms with van der Waals surface area (Å²) in [7, 11) is 0. The maximum Gasteiger partial charge on any atom is 0.174 e. The first kappa shape index (κ1) is 21.9. The zero-order valence-electron chi connectivity index (χ0n) is 18.7. The van der Waals surface area contributed by atoms with Gasteiger partial charge in [0.05, 0.1) is 11.7 Å². The van der Waals surface area contributed by atoms with Crippen LogP contribution in [0.15, 0.2) is 81.8 Å². The zero-order valence-corrected chi connectivity index (χ0v) is 21.1. The van der Waals surface area contributed by atoms with Crippen LogP contribution >= 0.6 is 28.1 Å². The molecule has 0 aliphatic carbocycles. The van der Waals surface area contributed by atoms with Gasteiger partial charge in [0.2, 0.25) is 0 Å². The van der Waals surface area contributed by atoms with E-state index in [0.717, 1.165) is 32.9 Å². The molecule has 33 heavy (non-hydrogen) atoms. The Morgan fingerprint density at radius 2 is 1.82 bits per heavy atom. The van der Waals surface area contributed by atoms with Crippen molar-refractivity contribution in [2.45, 2.75) is 32.9 Å². The lowest BCUT2D eigenvalue weighted by Crippen LogP contribution is -2.29. The fraction of sp³-hybridized carbons (Fsp3) is 0.185. The molecular weight excluding hydrogens is 494 g/mol. The van der Waals surface area contributed by atoms with E-state index in [0.29, 0.717) is 5.11 Å². The van der Waals surface area contributed by atoms with Crippen LogP contribution in [-0.4, -0.2) is 10.1 Å².